The van der Waals surface area contributed by atoms with Crippen molar-refractivity contribution in [3.8, 4) is 11.1 Å². The molecular weight excluding hydrogens is 577 g/mol. The molecule has 1 saturated heterocycles. The molecule has 0 atom stereocenters. The molecule has 3 aromatic rings. The number of carbonyl (C=O) groups is 3. The van der Waals surface area contributed by atoms with E-state index in [1.54, 1.807) is 37.8 Å². The van der Waals surface area contributed by atoms with Gasteiger partial charge in [0.15, 0.2) is 5.78 Å². The van der Waals surface area contributed by atoms with Gasteiger partial charge < -0.3 is 19.7 Å². The van der Waals surface area contributed by atoms with E-state index in [0.29, 0.717) is 26.3 Å². The van der Waals surface area contributed by atoms with Gasteiger partial charge in [0.1, 0.15) is 5.60 Å². The fourth-order valence-corrected chi connectivity index (χ4v) is 4.81. The van der Waals surface area contributed by atoms with E-state index in [4.69, 9.17) is 9.47 Å². The number of amides is 2. The Morgan fingerprint density at radius 1 is 0.932 bits per heavy atom. The minimum Gasteiger partial charge on any atom is -0.444 e. The number of ether oxygens (including phenoxy) is 2. The molecule has 1 fully saturated rings. The van der Waals surface area contributed by atoms with Crippen LogP contribution in [0.5, 0.6) is 0 Å². The summed E-state index contributed by atoms with van der Waals surface area (Å²) in [5.74, 6) is -1.57. The third-order valence-corrected chi connectivity index (χ3v) is 6.63. The zero-order chi connectivity index (χ0) is 32.2. The van der Waals surface area contributed by atoms with Crippen LogP contribution >= 0.6 is 0 Å². The standard InChI is InChI=1S/C32H35F3N4O5/c1-19-13-23(14-20(2)36-19)21-7-6-8-22(15-21)27(40)18-28(41)38-29-25(32(33,34)35)16-24(39-9-11-43-12-10-39)17-26(29)37-30(42)44-31(3,4)5/h6-8,13-17H,9-12,18H2,1-5H3,(H,37,42)(H,38,41). The fourth-order valence-electron chi connectivity index (χ4n) is 4.81. The highest BCUT2D eigenvalue weighted by Gasteiger charge is 2.37. The summed E-state index contributed by atoms with van der Waals surface area (Å²) < 4.78 is 53.8. The molecule has 2 heterocycles. The highest BCUT2D eigenvalue weighted by molar-refractivity contribution is 6.12. The number of ketones is 1. The maximum absolute atomic E-state index is 14.4. The second-order valence-corrected chi connectivity index (χ2v) is 11.5. The molecule has 0 radical (unpaired) electrons. The first-order valence-corrected chi connectivity index (χ1v) is 14.1. The molecule has 12 heteroatoms. The van der Waals surface area contributed by atoms with E-state index in [-0.39, 0.29) is 16.9 Å². The van der Waals surface area contributed by atoms with Crippen LogP contribution in [0.15, 0.2) is 48.5 Å². The monoisotopic (exact) mass is 612 g/mol. The molecule has 2 aromatic carbocycles. The van der Waals surface area contributed by atoms with Crippen LogP contribution in [-0.4, -0.2) is 54.7 Å². The summed E-state index contributed by atoms with van der Waals surface area (Å²) in [7, 11) is 0. The highest BCUT2D eigenvalue weighted by atomic mass is 19.4. The SMILES string of the molecule is Cc1cc(-c2cccc(C(=O)CC(=O)Nc3c(NC(=O)OC(C)(C)C)cc(N4CCOCC4)cc3C(F)(F)F)c2)cc(C)n1. The molecule has 44 heavy (non-hydrogen) atoms. The highest BCUT2D eigenvalue weighted by Crippen LogP contribution is 2.42. The topological polar surface area (TPSA) is 110 Å². The van der Waals surface area contributed by atoms with Gasteiger partial charge in [-0.2, -0.15) is 13.2 Å². The lowest BCUT2D eigenvalue weighted by molar-refractivity contribution is -0.136. The summed E-state index contributed by atoms with van der Waals surface area (Å²) in [6.45, 7) is 9.84. The van der Waals surface area contributed by atoms with E-state index in [0.717, 1.165) is 28.6 Å². The summed E-state index contributed by atoms with van der Waals surface area (Å²) in [5.41, 5.74) is 0.439. The van der Waals surface area contributed by atoms with Gasteiger partial charge in [-0.15, -0.1) is 0 Å². The molecule has 9 nitrogen and oxygen atoms in total. The molecule has 1 aliphatic heterocycles. The van der Waals surface area contributed by atoms with E-state index < -0.39 is 47.2 Å². The van der Waals surface area contributed by atoms with Gasteiger partial charge in [0.05, 0.1) is 36.6 Å². The number of aromatic nitrogens is 1. The minimum absolute atomic E-state index is 0.180. The molecule has 1 aromatic heterocycles. The minimum atomic E-state index is -4.91. The van der Waals surface area contributed by atoms with Crippen molar-refractivity contribution in [2.75, 3.05) is 41.8 Å². The third kappa shape index (κ3) is 8.56. The van der Waals surface area contributed by atoms with Crippen LogP contribution in [0.25, 0.3) is 11.1 Å². The maximum atomic E-state index is 14.4. The number of carbonyl (C=O) groups excluding carboxylic acids is 3. The Labute approximate surface area is 253 Å². The number of anilines is 3. The molecule has 0 saturated carbocycles. The van der Waals surface area contributed by atoms with Gasteiger partial charge in [-0.3, -0.25) is 19.9 Å². The first kappa shape index (κ1) is 32.5. The number of hydrogen-bond acceptors (Lipinski definition) is 7. The first-order chi connectivity index (χ1) is 20.6. The summed E-state index contributed by atoms with van der Waals surface area (Å²) >= 11 is 0. The maximum Gasteiger partial charge on any atom is 0.418 e. The van der Waals surface area contributed by atoms with E-state index in [9.17, 15) is 27.6 Å². The number of aryl methyl sites for hydroxylation is 2. The van der Waals surface area contributed by atoms with Crippen LogP contribution in [0.2, 0.25) is 0 Å². The predicted molar refractivity (Wildman–Crippen MR) is 161 cm³/mol. The van der Waals surface area contributed by atoms with Crippen LogP contribution < -0.4 is 15.5 Å². The van der Waals surface area contributed by atoms with Crippen molar-refractivity contribution in [1.82, 2.24) is 4.98 Å². The Kier molecular flexibility index (Phi) is 9.62. The molecule has 0 aliphatic carbocycles. The second kappa shape index (κ2) is 13.0. The van der Waals surface area contributed by atoms with Gasteiger partial charge in [-0.25, -0.2) is 4.79 Å². The largest absolute Gasteiger partial charge is 0.444 e. The number of nitrogens with one attached hydrogen (secondary N) is 2. The Morgan fingerprint density at radius 2 is 1.59 bits per heavy atom. The molecule has 234 valence electrons. The van der Waals surface area contributed by atoms with Crippen molar-refractivity contribution < 1.29 is 37.0 Å². The molecule has 2 N–H and O–H groups in total. The fraction of sp³-hybridized carbons (Fsp3) is 0.375. The number of benzene rings is 2. The molecule has 0 bridgehead atoms. The number of Topliss-reactive ketones (excluding diaryl/α,β-unsaturated/α-hetero) is 1. The number of morpholine rings is 1. The second-order valence-electron chi connectivity index (χ2n) is 11.5. The molecule has 0 spiro atoms. The third-order valence-electron chi connectivity index (χ3n) is 6.63. The van der Waals surface area contributed by atoms with E-state index in [1.807, 2.05) is 32.0 Å². The van der Waals surface area contributed by atoms with Gasteiger partial charge in [-0.05, 0) is 76.1 Å². The van der Waals surface area contributed by atoms with E-state index >= 15 is 0 Å². The molecular formula is C32H35F3N4O5. The van der Waals surface area contributed by atoms with Gasteiger partial charge >= 0.3 is 12.3 Å². The van der Waals surface area contributed by atoms with Crippen LogP contribution in [0, 0.1) is 13.8 Å². The summed E-state index contributed by atoms with van der Waals surface area (Å²) in [6.07, 6.45) is -6.64. The smallest absolute Gasteiger partial charge is 0.418 e. The Hall–Kier alpha value is -4.45. The van der Waals surface area contributed by atoms with Gasteiger partial charge in [0.25, 0.3) is 0 Å². The Bertz CT molecular complexity index is 1540. The van der Waals surface area contributed by atoms with Crippen molar-refractivity contribution in [3.05, 3.63) is 71.0 Å². The lowest BCUT2D eigenvalue weighted by Crippen LogP contribution is -2.36. The summed E-state index contributed by atoms with van der Waals surface area (Å²) in [6, 6.07) is 12.6. The van der Waals surface area contributed by atoms with Crippen molar-refractivity contribution >= 4 is 34.8 Å². The van der Waals surface area contributed by atoms with E-state index in [2.05, 4.69) is 15.6 Å². The lowest BCUT2D eigenvalue weighted by Gasteiger charge is -2.31. The van der Waals surface area contributed by atoms with E-state index in [1.165, 1.54) is 12.1 Å². The summed E-state index contributed by atoms with van der Waals surface area (Å²) in [4.78, 5) is 44.9. The first-order valence-electron chi connectivity index (χ1n) is 14.1. The lowest BCUT2D eigenvalue weighted by atomic mass is 9.99. The number of alkyl halides is 3. The number of pyridine rings is 1. The number of rotatable bonds is 7. The van der Waals surface area contributed by atoms with Crippen molar-refractivity contribution in [2.45, 2.75) is 52.8 Å². The van der Waals surface area contributed by atoms with Gasteiger partial charge in [-0.1, -0.05) is 18.2 Å². The molecule has 2 amide bonds. The number of halogens is 3. The van der Waals surface area contributed by atoms with Crippen LogP contribution in [-0.2, 0) is 20.4 Å². The number of nitrogens with zero attached hydrogens (tertiary/aromatic N) is 2. The average Bonchev–Trinajstić information content (AvgIpc) is 2.92. The van der Waals surface area contributed by atoms with Crippen molar-refractivity contribution in [1.29, 1.82) is 0 Å². The summed E-state index contributed by atoms with van der Waals surface area (Å²) in [5, 5.41) is 4.60. The average molecular weight is 613 g/mol. The molecule has 1 aliphatic rings. The molecule has 4 rings (SSSR count). The van der Waals surface area contributed by atoms with Gasteiger partial charge in [0, 0.05) is 35.7 Å². The quantitative estimate of drug-likeness (QED) is 0.224. The van der Waals surface area contributed by atoms with Crippen LogP contribution in [0.3, 0.4) is 0 Å². The normalized spacial score (nSPS) is 13.8. The molecule has 0 unspecified atom stereocenters. The van der Waals surface area contributed by atoms with Crippen LogP contribution in [0.1, 0.15) is 54.5 Å². The Morgan fingerprint density at radius 3 is 2.20 bits per heavy atom. The van der Waals surface area contributed by atoms with Crippen molar-refractivity contribution in [3.63, 3.8) is 0 Å². The van der Waals surface area contributed by atoms with Crippen LogP contribution in [0.4, 0.5) is 35.0 Å². The van der Waals surface area contributed by atoms with Gasteiger partial charge in [0.2, 0.25) is 5.91 Å². The number of hydrogen-bond donors (Lipinski definition) is 2. The Balaban J connectivity index is 1.64. The van der Waals surface area contributed by atoms with Crippen molar-refractivity contribution in [2.24, 2.45) is 0 Å². The predicted octanol–water partition coefficient (Wildman–Crippen LogP) is 6.78. The zero-order valence-electron chi connectivity index (χ0n) is 25.2. The zero-order valence-corrected chi connectivity index (χ0v) is 25.2.